The lowest BCUT2D eigenvalue weighted by Crippen LogP contribution is -2.30. The topological polar surface area (TPSA) is 21.3 Å². The van der Waals surface area contributed by atoms with Crippen LogP contribution >= 0.6 is 11.6 Å². The van der Waals surface area contributed by atoms with Crippen LogP contribution in [0.2, 0.25) is 5.02 Å². The number of likely N-dealkylation sites (N-methyl/N-ethyl adjacent to an activating group) is 1. The predicted octanol–water partition coefficient (Wildman–Crippen LogP) is 3.96. The number of nitrogens with one attached hydrogen (secondary N) is 1. The third-order valence-electron chi connectivity index (χ3n) is 4.02. The zero-order chi connectivity index (χ0) is 14.4. The standard InChI is InChI=1S/C16H23ClFNO/c1-19-13(8-9-14-6-2-3-10-20-14)11-12-5-4-7-15(18)16(12)17/h4-5,7,13-14,19H,2-3,6,8-11H2,1H3. The van der Waals surface area contributed by atoms with Crippen LogP contribution in [-0.2, 0) is 11.2 Å². The minimum Gasteiger partial charge on any atom is -0.378 e. The zero-order valence-electron chi connectivity index (χ0n) is 12.0. The van der Waals surface area contributed by atoms with Gasteiger partial charge in [0.25, 0.3) is 0 Å². The molecule has 0 radical (unpaired) electrons. The van der Waals surface area contributed by atoms with Gasteiger partial charge in [0, 0.05) is 12.6 Å². The highest BCUT2D eigenvalue weighted by molar-refractivity contribution is 6.31. The molecule has 2 atom stereocenters. The molecule has 1 fully saturated rings. The molecule has 112 valence electrons. The molecular formula is C16H23ClFNO. The van der Waals surface area contributed by atoms with Crippen molar-refractivity contribution in [2.24, 2.45) is 0 Å². The molecular weight excluding hydrogens is 277 g/mol. The van der Waals surface area contributed by atoms with Crippen molar-refractivity contribution in [3.63, 3.8) is 0 Å². The van der Waals surface area contributed by atoms with E-state index in [1.54, 1.807) is 6.07 Å². The van der Waals surface area contributed by atoms with E-state index in [4.69, 9.17) is 16.3 Å². The molecule has 1 aliphatic heterocycles. The first-order valence-corrected chi connectivity index (χ1v) is 7.80. The van der Waals surface area contributed by atoms with Gasteiger partial charge in [0.05, 0.1) is 11.1 Å². The van der Waals surface area contributed by atoms with Crippen molar-refractivity contribution >= 4 is 11.6 Å². The van der Waals surface area contributed by atoms with E-state index in [0.717, 1.165) is 37.9 Å². The number of ether oxygens (including phenoxy) is 1. The fourth-order valence-corrected chi connectivity index (χ4v) is 2.95. The number of halogens is 2. The van der Waals surface area contributed by atoms with Gasteiger partial charge in [0.2, 0.25) is 0 Å². The molecule has 1 N–H and O–H groups in total. The van der Waals surface area contributed by atoms with E-state index in [1.807, 2.05) is 13.1 Å². The van der Waals surface area contributed by atoms with Crippen molar-refractivity contribution in [3.8, 4) is 0 Å². The molecule has 4 heteroatoms. The monoisotopic (exact) mass is 299 g/mol. The van der Waals surface area contributed by atoms with Crippen LogP contribution in [0.25, 0.3) is 0 Å². The first kappa shape index (κ1) is 15.7. The highest BCUT2D eigenvalue weighted by Gasteiger charge is 2.17. The van der Waals surface area contributed by atoms with Crippen LogP contribution < -0.4 is 5.32 Å². The second-order valence-electron chi connectivity index (χ2n) is 5.47. The third kappa shape index (κ3) is 4.44. The first-order valence-electron chi connectivity index (χ1n) is 7.42. The van der Waals surface area contributed by atoms with Gasteiger partial charge in [-0.15, -0.1) is 0 Å². The highest BCUT2D eigenvalue weighted by Crippen LogP contribution is 2.23. The molecule has 1 saturated heterocycles. The Morgan fingerprint density at radius 2 is 2.30 bits per heavy atom. The van der Waals surface area contributed by atoms with Gasteiger partial charge in [-0.25, -0.2) is 4.39 Å². The highest BCUT2D eigenvalue weighted by atomic mass is 35.5. The summed E-state index contributed by atoms with van der Waals surface area (Å²) in [5.41, 5.74) is 0.871. The Labute approximate surface area is 125 Å². The lowest BCUT2D eigenvalue weighted by Gasteiger charge is -2.25. The van der Waals surface area contributed by atoms with Gasteiger partial charge in [-0.2, -0.15) is 0 Å². The van der Waals surface area contributed by atoms with E-state index in [0.29, 0.717) is 12.1 Å². The second kappa shape index (κ2) is 7.96. The van der Waals surface area contributed by atoms with Crippen LogP contribution in [0.3, 0.4) is 0 Å². The van der Waals surface area contributed by atoms with Crippen LogP contribution in [0.1, 0.15) is 37.7 Å². The molecule has 1 aliphatic rings. The fraction of sp³-hybridized carbons (Fsp3) is 0.625. The van der Waals surface area contributed by atoms with Crippen molar-refractivity contribution < 1.29 is 9.13 Å². The summed E-state index contributed by atoms with van der Waals surface area (Å²) in [7, 11) is 1.94. The molecule has 0 amide bonds. The van der Waals surface area contributed by atoms with Gasteiger partial charge in [-0.1, -0.05) is 23.7 Å². The Morgan fingerprint density at radius 3 is 3.00 bits per heavy atom. The Morgan fingerprint density at radius 1 is 1.45 bits per heavy atom. The van der Waals surface area contributed by atoms with Crippen molar-refractivity contribution in [2.75, 3.05) is 13.7 Å². The normalized spacial score (nSPS) is 20.9. The number of rotatable bonds is 6. The number of hydrogen-bond donors (Lipinski definition) is 1. The predicted molar refractivity (Wildman–Crippen MR) is 80.8 cm³/mol. The molecule has 0 aromatic heterocycles. The van der Waals surface area contributed by atoms with Crippen molar-refractivity contribution in [3.05, 3.63) is 34.6 Å². The molecule has 20 heavy (non-hydrogen) atoms. The van der Waals surface area contributed by atoms with Gasteiger partial charge in [-0.05, 0) is 57.2 Å². The molecule has 1 aromatic carbocycles. The van der Waals surface area contributed by atoms with Crippen LogP contribution in [0.4, 0.5) is 4.39 Å². The Bertz CT molecular complexity index is 421. The summed E-state index contributed by atoms with van der Waals surface area (Å²) in [4.78, 5) is 0. The molecule has 0 bridgehead atoms. The minimum absolute atomic E-state index is 0.252. The van der Waals surface area contributed by atoms with Gasteiger partial charge in [0.1, 0.15) is 5.82 Å². The van der Waals surface area contributed by atoms with Crippen LogP contribution in [-0.4, -0.2) is 25.8 Å². The van der Waals surface area contributed by atoms with Crippen LogP contribution in [0, 0.1) is 5.82 Å². The zero-order valence-corrected chi connectivity index (χ0v) is 12.8. The van der Waals surface area contributed by atoms with Crippen LogP contribution in [0.15, 0.2) is 18.2 Å². The van der Waals surface area contributed by atoms with E-state index in [9.17, 15) is 4.39 Å². The second-order valence-corrected chi connectivity index (χ2v) is 5.85. The van der Waals surface area contributed by atoms with E-state index in [2.05, 4.69) is 5.32 Å². The lowest BCUT2D eigenvalue weighted by molar-refractivity contribution is 0.00870. The van der Waals surface area contributed by atoms with Crippen molar-refractivity contribution in [1.29, 1.82) is 0 Å². The molecule has 0 spiro atoms. The summed E-state index contributed by atoms with van der Waals surface area (Å²) in [6.45, 7) is 0.893. The summed E-state index contributed by atoms with van der Waals surface area (Å²) in [5.74, 6) is -0.338. The van der Waals surface area contributed by atoms with Crippen molar-refractivity contribution in [2.45, 2.75) is 50.7 Å². The first-order chi connectivity index (χ1) is 9.70. The summed E-state index contributed by atoms with van der Waals surface area (Å²) in [5, 5.41) is 3.55. The molecule has 0 aliphatic carbocycles. The summed E-state index contributed by atoms with van der Waals surface area (Å²) in [6, 6.07) is 5.32. The maximum Gasteiger partial charge on any atom is 0.142 e. The molecule has 0 saturated carbocycles. The summed E-state index contributed by atoms with van der Waals surface area (Å²) >= 11 is 6.02. The lowest BCUT2D eigenvalue weighted by atomic mass is 9.97. The average molecular weight is 300 g/mol. The van der Waals surface area contributed by atoms with Gasteiger partial charge in [0.15, 0.2) is 0 Å². The molecule has 1 aromatic rings. The maximum atomic E-state index is 13.4. The molecule has 2 unspecified atom stereocenters. The Balaban J connectivity index is 1.86. The Kier molecular flexibility index (Phi) is 6.27. The van der Waals surface area contributed by atoms with E-state index in [1.165, 1.54) is 18.9 Å². The Hall–Kier alpha value is -0.640. The van der Waals surface area contributed by atoms with E-state index in [-0.39, 0.29) is 10.8 Å². The third-order valence-corrected chi connectivity index (χ3v) is 4.44. The van der Waals surface area contributed by atoms with Gasteiger partial charge < -0.3 is 10.1 Å². The van der Waals surface area contributed by atoms with E-state index < -0.39 is 0 Å². The molecule has 2 rings (SSSR count). The van der Waals surface area contributed by atoms with Crippen LogP contribution in [0.5, 0.6) is 0 Å². The largest absolute Gasteiger partial charge is 0.378 e. The maximum absolute atomic E-state index is 13.4. The number of hydrogen-bond acceptors (Lipinski definition) is 2. The smallest absolute Gasteiger partial charge is 0.142 e. The summed E-state index contributed by atoms with van der Waals surface area (Å²) in [6.07, 6.45) is 6.83. The summed E-state index contributed by atoms with van der Waals surface area (Å²) < 4.78 is 19.2. The van der Waals surface area contributed by atoms with Gasteiger partial charge >= 0.3 is 0 Å². The quantitative estimate of drug-likeness (QED) is 0.858. The van der Waals surface area contributed by atoms with Gasteiger partial charge in [-0.3, -0.25) is 0 Å². The molecule has 1 heterocycles. The molecule has 2 nitrogen and oxygen atoms in total. The van der Waals surface area contributed by atoms with E-state index >= 15 is 0 Å². The average Bonchev–Trinajstić information content (AvgIpc) is 2.49. The minimum atomic E-state index is -0.338. The number of benzene rings is 1. The SMILES string of the molecule is CNC(CCC1CCCCO1)Cc1cccc(F)c1Cl. The fourth-order valence-electron chi connectivity index (χ4n) is 2.74. The van der Waals surface area contributed by atoms with Crippen molar-refractivity contribution in [1.82, 2.24) is 5.32 Å².